The molecule has 1 fully saturated rings. The van der Waals surface area contributed by atoms with E-state index in [2.05, 4.69) is 0 Å². The first-order valence-corrected chi connectivity index (χ1v) is 6.76. The van der Waals surface area contributed by atoms with Crippen molar-refractivity contribution >= 4 is 29.4 Å². The van der Waals surface area contributed by atoms with E-state index in [1.807, 2.05) is 0 Å². The predicted octanol–water partition coefficient (Wildman–Crippen LogP) is 1.79. The normalized spacial score (nSPS) is 19.6. The molecule has 1 saturated heterocycles. The Kier molecular flexibility index (Phi) is 4.47. The van der Waals surface area contributed by atoms with Gasteiger partial charge in [0.25, 0.3) is 0 Å². The van der Waals surface area contributed by atoms with Gasteiger partial charge in [0.2, 0.25) is 5.91 Å². The van der Waals surface area contributed by atoms with E-state index in [1.54, 1.807) is 24.3 Å². The van der Waals surface area contributed by atoms with Crippen LogP contribution in [-0.4, -0.2) is 39.5 Å². The number of carboxylic acid groups (broad SMARTS) is 2. The smallest absolute Gasteiger partial charge is 0.308 e. The molecule has 7 heteroatoms. The van der Waals surface area contributed by atoms with Crippen molar-refractivity contribution in [1.29, 1.82) is 0 Å². The van der Waals surface area contributed by atoms with Gasteiger partial charge in [-0.2, -0.15) is 0 Å². The highest BCUT2D eigenvalue weighted by molar-refractivity contribution is 6.31. The van der Waals surface area contributed by atoms with E-state index in [9.17, 15) is 14.4 Å². The first-order valence-electron chi connectivity index (χ1n) is 6.38. The van der Waals surface area contributed by atoms with Crippen LogP contribution in [0.1, 0.15) is 24.4 Å². The van der Waals surface area contributed by atoms with Gasteiger partial charge in [0, 0.05) is 18.0 Å². The fraction of sp³-hybridized carbons (Fsp3) is 0.357. The van der Waals surface area contributed by atoms with Gasteiger partial charge in [-0.15, -0.1) is 0 Å². The van der Waals surface area contributed by atoms with Crippen LogP contribution in [0.15, 0.2) is 24.3 Å². The third kappa shape index (κ3) is 3.33. The van der Waals surface area contributed by atoms with Crippen LogP contribution >= 0.6 is 11.6 Å². The molecule has 1 aliphatic heterocycles. The van der Waals surface area contributed by atoms with Crippen LogP contribution in [0.25, 0.3) is 0 Å². The van der Waals surface area contributed by atoms with Gasteiger partial charge >= 0.3 is 11.9 Å². The number of benzene rings is 1. The van der Waals surface area contributed by atoms with Crippen LogP contribution in [-0.2, 0) is 14.4 Å². The molecule has 0 aliphatic carbocycles. The van der Waals surface area contributed by atoms with Gasteiger partial charge in [0.1, 0.15) is 0 Å². The molecule has 1 aromatic rings. The Morgan fingerprint density at radius 2 is 2.00 bits per heavy atom. The van der Waals surface area contributed by atoms with Crippen molar-refractivity contribution in [3.05, 3.63) is 34.9 Å². The summed E-state index contributed by atoms with van der Waals surface area (Å²) in [7, 11) is 0. The number of nitrogens with zero attached hydrogens (tertiary/aromatic N) is 1. The number of amides is 1. The number of halogens is 1. The Hall–Kier alpha value is -2.08. The Morgan fingerprint density at radius 1 is 1.33 bits per heavy atom. The molecule has 2 unspecified atom stereocenters. The second kappa shape index (κ2) is 6.13. The number of carboxylic acids is 2. The maximum atomic E-state index is 12.0. The van der Waals surface area contributed by atoms with E-state index in [0.29, 0.717) is 10.6 Å². The first-order chi connectivity index (χ1) is 9.90. The second-order valence-corrected chi connectivity index (χ2v) is 5.33. The van der Waals surface area contributed by atoms with Gasteiger partial charge in [-0.25, -0.2) is 0 Å². The maximum absolute atomic E-state index is 12.0. The van der Waals surface area contributed by atoms with Crippen molar-refractivity contribution in [2.24, 2.45) is 5.92 Å². The summed E-state index contributed by atoms with van der Waals surface area (Å²) in [6.45, 7) is -0.00264. The van der Waals surface area contributed by atoms with Crippen molar-refractivity contribution in [2.75, 3.05) is 6.54 Å². The third-order valence-electron chi connectivity index (χ3n) is 3.52. The number of rotatable bonds is 5. The summed E-state index contributed by atoms with van der Waals surface area (Å²) in [5.74, 6) is -3.31. The minimum Gasteiger partial charge on any atom is -0.481 e. The molecule has 1 heterocycles. The third-order valence-corrected chi connectivity index (χ3v) is 3.86. The zero-order chi connectivity index (χ0) is 15.6. The summed E-state index contributed by atoms with van der Waals surface area (Å²) in [6.07, 6.45) is -0.433. The van der Waals surface area contributed by atoms with Crippen molar-refractivity contribution in [2.45, 2.75) is 18.9 Å². The fourth-order valence-corrected chi connectivity index (χ4v) is 2.76. The number of carbonyl (C=O) groups excluding carboxylic acids is 1. The van der Waals surface area contributed by atoms with Gasteiger partial charge in [0.15, 0.2) is 0 Å². The van der Waals surface area contributed by atoms with Crippen LogP contribution in [0.5, 0.6) is 0 Å². The summed E-state index contributed by atoms with van der Waals surface area (Å²) in [5, 5.41) is 18.4. The highest BCUT2D eigenvalue weighted by atomic mass is 35.5. The van der Waals surface area contributed by atoms with E-state index in [1.165, 1.54) is 4.90 Å². The molecule has 112 valence electrons. The lowest BCUT2D eigenvalue weighted by molar-refractivity contribution is -0.141. The number of carbonyl (C=O) groups is 3. The molecule has 2 rings (SSSR count). The molecular weight excluding hydrogens is 298 g/mol. The maximum Gasteiger partial charge on any atom is 0.308 e. The number of hydrogen-bond donors (Lipinski definition) is 2. The SMILES string of the molecule is O=C(O)CC(c1ccccc1Cl)N1CC(C(=O)O)CC1=O. The van der Waals surface area contributed by atoms with E-state index in [4.69, 9.17) is 21.8 Å². The predicted molar refractivity (Wildman–Crippen MR) is 73.9 cm³/mol. The van der Waals surface area contributed by atoms with Crippen LogP contribution < -0.4 is 0 Å². The molecule has 6 nitrogen and oxygen atoms in total. The van der Waals surface area contributed by atoms with E-state index < -0.39 is 23.9 Å². The molecule has 0 radical (unpaired) electrons. The highest BCUT2D eigenvalue weighted by Crippen LogP contribution is 2.34. The van der Waals surface area contributed by atoms with Gasteiger partial charge in [-0.3, -0.25) is 14.4 Å². The summed E-state index contributed by atoms with van der Waals surface area (Å²) in [5.41, 5.74) is 0.515. The summed E-state index contributed by atoms with van der Waals surface area (Å²) in [4.78, 5) is 35.4. The van der Waals surface area contributed by atoms with E-state index in [-0.39, 0.29) is 25.3 Å². The van der Waals surface area contributed by atoms with Crippen LogP contribution in [0.3, 0.4) is 0 Å². The van der Waals surface area contributed by atoms with E-state index in [0.717, 1.165) is 0 Å². The topological polar surface area (TPSA) is 94.9 Å². The molecule has 0 aromatic heterocycles. The summed E-state index contributed by atoms with van der Waals surface area (Å²) < 4.78 is 0. The lowest BCUT2D eigenvalue weighted by atomic mass is 10.0. The minimum absolute atomic E-state index is 0.00264. The Bertz CT molecular complexity index is 588. The zero-order valence-corrected chi connectivity index (χ0v) is 11.8. The minimum atomic E-state index is -1.08. The average molecular weight is 312 g/mol. The summed E-state index contributed by atoms with van der Waals surface area (Å²) >= 11 is 6.08. The molecule has 1 aromatic carbocycles. The standard InChI is InChI=1S/C14H14ClNO5/c15-10-4-2-1-3-9(10)11(6-13(18)19)16-7-8(14(20)21)5-12(16)17/h1-4,8,11H,5-7H2,(H,18,19)(H,20,21). The second-order valence-electron chi connectivity index (χ2n) is 4.92. The van der Waals surface area contributed by atoms with Gasteiger partial charge in [0.05, 0.1) is 18.4 Å². The number of hydrogen-bond acceptors (Lipinski definition) is 3. The molecule has 2 atom stereocenters. The molecular formula is C14H14ClNO5. The average Bonchev–Trinajstić information content (AvgIpc) is 2.79. The largest absolute Gasteiger partial charge is 0.481 e. The van der Waals surface area contributed by atoms with Gasteiger partial charge in [-0.05, 0) is 11.6 Å². The van der Waals surface area contributed by atoms with Crippen LogP contribution in [0, 0.1) is 5.92 Å². The van der Waals surface area contributed by atoms with Gasteiger partial charge in [-0.1, -0.05) is 29.8 Å². The molecule has 0 saturated carbocycles. The Labute approximate surface area is 125 Å². The lowest BCUT2D eigenvalue weighted by Crippen LogP contribution is -2.32. The summed E-state index contributed by atoms with van der Waals surface area (Å²) in [6, 6.07) is 5.91. The molecule has 2 N–H and O–H groups in total. The molecule has 1 amide bonds. The van der Waals surface area contributed by atoms with Crippen molar-refractivity contribution < 1.29 is 24.6 Å². The fourth-order valence-electron chi connectivity index (χ4n) is 2.50. The van der Waals surface area contributed by atoms with Crippen molar-refractivity contribution in [3.8, 4) is 0 Å². The van der Waals surface area contributed by atoms with Crippen LogP contribution in [0.4, 0.5) is 0 Å². The number of aliphatic carboxylic acids is 2. The van der Waals surface area contributed by atoms with Gasteiger partial charge < -0.3 is 15.1 Å². The number of likely N-dealkylation sites (tertiary alicyclic amines) is 1. The highest BCUT2D eigenvalue weighted by Gasteiger charge is 2.39. The zero-order valence-electron chi connectivity index (χ0n) is 11.0. The van der Waals surface area contributed by atoms with Crippen molar-refractivity contribution in [3.63, 3.8) is 0 Å². The molecule has 0 spiro atoms. The lowest BCUT2D eigenvalue weighted by Gasteiger charge is -2.28. The Balaban J connectivity index is 2.33. The van der Waals surface area contributed by atoms with Crippen LogP contribution in [0.2, 0.25) is 5.02 Å². The first kappa shape index (κ1) is 15.3. The molecule has 21 heavy (non-hydrogen) atoms. The molecule has 0 bridgehead atoms. The van der Waals surface area contributed by atoms with Crippen molar-refractivity contribution in [1.82, 2.24) is 4.90 Å². The quantitative estimate of drug-likeness (QED) is 0.864. The van der Waals surface area contributed by atoms with E-state index >= 15 is 0 Å². The monoisotopic (exact) mass is 311 g/mol. The Morgan fingerprint density at radius 3 is 2.52 bits per heavy atom. The molecule has 1 aliphatic rings.